The molecule has 0 fully saturated rings. The number of esters is 2. The highest BCUT2D eigenvalue weighted by atomic mass is 19.1. The van der Waals surface area contributed by atoms with Gasteiger partial charge >= 0.3 is 11.9 Å². The molecule has 0 amide bonds. The van der Waals surface area contributed by atoms with Crippen LogP contribution in [0.25, 0.3) is 0 Å². The maximum Gasteiger partial charge on any atom is 0.310 e. The van der Waals surface area contributed by atoms with Crippen LogP contribution >= 0.6 is 0 Å². The highest BCUT2D eigenvalue weighted by Crippen LogP contribution is 2.39. The summed E-state index contributed by atoms with van der Waals surface area (Å²) in [4.78, 5) is 25.9. The van der Waals surface area contributed by atoms with Gasteiger partial charge in [0.25, 0.3) is 0 Å². The van der Waals surface area contributed by atoms with Crippen molar-refractivity contribution in [1.29, 1.82) is 0 Å². The maximum absolute atomic E-state index is 15.1. The lowest BCUT2D eigenvalue weighted by atomic mass is 10.0. The van der Waals surface area contributed by atoms with Gasteiger partial charge in [-0.3, -0.25) is 9.59 Å². The van der Waals surface area contributed by atoms with Crippen molar-refractivity contribution < 1.29 is 28.2 Å². The van der Waals surface area contributed by atoms with Crippen molar-refractivity contribution in [3.05, 3.63) is 59.4 Å². The monoisotopic (exact) mass is 443 g/mol. The number of methoxy groups -OCH3 is 1. The van der Waals surface area contributed by atoms with E-state index in [0.29, 0.717) is 30.8 Å². The number of halogens is 1. The molecule has 2 aromatic carbocycles. The molecule has 0 radical (unpaired) electrons. The molecule has 1 atom stereocenters. The van der Waals surface area contributed by atoms with Gasteiger partial charge in [-0.15, -0.1) is 0 Å². The number of rotatable bonds is 7. The molecule has 7 heteroatoms. The van der Waals surface area contributed by atoms with Gasteiger partial charge < -0.3 is 19.1 Å². The van der Waals surface area contributed by atoms with Crippen LogP contribution in [0.3, 0.4) is 0 Å². The van der Waals surface area contributed by atoms with Crippen molar-refractivity contribution >= 4 is 17.6 Å². The van der Waals surface area contributed by atoms with Gasteiger partial charge in [0, 0.05) is 13.0 Å². The van der Waals surface area contributed by atoms with Crippen LogP contribution in [0.4, 0.5) is 10.1 Å². The molecule has 0 saturated carbocycles. The SMILES string of the molecule is COC(=O)CC[C@H]1CN(Cc2ccccc2)c2cc(CC(=O)OC(C)(C)C)cc(F)c2O1. The van der Waals surface area contributed by atoms with E-state index in [1.807, 2.05) is 35.2 Å². The highest BCUT2D eigenvalue weighted by Gasteiger charge is 2.30. The zero-order valence-corrected chi connectivity index (χ0v) is 19.0. The third-order valence-electron chi connectivity index (χ3n) is 5.02. The standard InChI is InChI=1S/C25H30FNO5/c1-25(2,3)32-23(29)14-18-12-20(26)24-21(13-18)27(15-17-8-6-5-7-9-17)16-19(31-24)10-11-22(28)30-4/h5-9,12-13,19H,10-11,14-16H2,1-4H3/t19-/m0/s1. The molecule has 1 aliphatic heterocycles. The lowest BCUT2D eigenvalue weighted by molar-refractivity contribution is -0.154. The molecular formula is C25H30FNO5. The summed E-state index contributed by atoms with van der Waals surface area (Å²) < 4.78 is 31.1. The Morgan fingerprint density at radius 2 is 1.84 bits per heavy atom. The number of carbonyl (C=O) groups is 2. The summed E-state index contributed by atoms with van der Waals surface area (Å²) in [6, 6.07) is 12.9. The molecule has 0 bridgehead atoms. The van der Waals surface area contributed by atoms with Crippen molar-refractivity contribution in [3.63, 3.8) is 0 Å². The molecule has 6 nitrogen and oxygen atoms in total. The average Bonchev–Trinajstić information content (AvgIpc) is 2.72. The molecule has 172 valence electrons. The summed E-state index contributed by atoms with van der Waals surface area (Å²) in [7, 11) is 1.34. The largest absolute Gasteiger partial charge is 0.483 e. The van der Waals surface area contributed by atoms with Crippen LogP contribution < -0.4 is 9.64 Å². The Balaban J connectivity index is 1.87. The normalized spacial score (nSPS) is 15.5. The van der Waals surface area contributed by atoms with Crippen LogP contribution in [0.15, 0.2) is 42.5 Å². The molecule has 1 heterocycles. The molecule has 0 spiro atoms. The Labute approximate surface area is 188 Å². The third kappa shape index (κ3) is 6.45. The second-order valence-electron chi connectivity index (χ2n) is 8.91. The molecule has 0 unspecified atom stereocenters. The second-order valence-corrected chi connectivity index (χ2v) is 8.91. The van der Waals surface area contributed by atoms with Gasteiger partial charge in [0.15, 0.2) is 11.6 Å². The van der Waals surface area contributed by atoms with Gasteiger partial charge in [0.1, 0.15) is 11.7 Å². The number of ether oxygens (including phenoxy) is 3. The molecule has 0 aromatic heterocycles. The van der Waals surface area contributed by atoms with Crippen LogP contribution in [0.1, 0.15) is 44.7 Å². The Morgan fingerprint density at radius 3 is 2.50 bits per heavy atom. The number of anilines is 1. The van der Waals surface area contributed by atoms with Crippen molar-refractivity contribution in [2.45, 2.75) is 58.3 Å². The topological polar surface area (TPSA) is 65.1 Å². The van der Waals surface area contributed by atoms with Crippen molar-refractivity contribution in [2.75, 3.05) is 18.6 Å². The van der Waals surface area contributed by atoms with E-state index in [-0.39, 0.29) is 30.7 Å². The smallest absolute Gasteiger partial charge is 0.310 e. The number of benzene rings is 2. The van der Waals surface area contributed by atoms with E-state index >= 15 is 4.39 Å². The first kappa shape index (κ1) is 23.6. The molecular weight excluding hydrogens is 413 g/mol. The predicted octanol–water partition coefficient (Wildman–Crippen LogP) is 4.43. The minimum Gasteiger partial charge on any atom is -0.483 e. The molecule has 3 rings (SSSR count). The number of hydrogen-bond acceptors (Lipinski definition) is 6. The van der Waals surface area contributed by atoms with E-state index in [4.69, 9.17) is 14.2 Å². The van der Waals surface area contributed by atoms with Crippen molar-refractivity contribution in [2.24, 2.45) is 0 Å². The third-order valence-corrected chi connectivity index (χ3v) is 5.02. The van der Waals surface area contributed by atoms with Crippen LogP contribution in [0.5, 0.6) is 5.75 Å². The minimum absolute atomic E-state index is 0.0353. The fourth-order valence-corrected chi connectivity index (χ4v) is 3.66. The second kappa shape index (κ2) is 10.0. The molecule has 0 saturated heterocycles. The summed E-state index contributed by atoms with van der Waals surface area (Å²) in [6.45, 7) is 6.40. The van der Waals surface area contributed by atoms with E-state index in [9.17, 15) is 9.59 Å². The van der Waals surface area contributed by atoms with Gasteiger partial charge in [-0.25, -0.2) is 4.39 Å². The van der Waals surface area contributed by atoms with Gasteiger partial charge in [-0.05, 0) is 50.5 Å². The van der Waals surface area contributed by atoms with Gasteiger partial charge in [-0.2, -0.15) is 0 Å². The Bertz CT molecular complexity index is 955. The molecule has 2 aromatic rings. The van der Waals surface area contributed by atoms with Crippen LogP contribution in [0.2, 0.25) is 0 Å². The lowest BCUT2D eigenvalue weighted by Crippen LogP contribution is -2.40. The fourth-order valence-electron chi connectivity index (χ4n) is 3.66. The first-order valence-electron chi connectivity index (χ1n) is 10.7. The van der Waals surface area contributed by atoms with Crippen molar-refractivity contribution in [1.82, 2.24) is 0 Å². The Hall–Kier alpha value is -3.09. The summed E-state index contributed by atoms with van der Waals surface area (Å²) in [5.74, 6) is -1.15. The lowest BCUT2D eigenvalue weighted by Gasteiger charge is -2.37. The maximum atomic E-state index is 15.1. The summed E-state index contributed by atoms with van der Waals surface area (Å²) in [5.41, 5.74) is 1.55. The van der Waals surface area contributed by atoms with Crippen molar-refractivity contribution in [3.8, 4) is 5.75 Å². The predicted molar refractivity (Wildman–Crippen MR) is 119 cm³/mol. The van der Waals surface area contributed by atoms with Gasteiger partial charge in [0.2, 0.25) is 0 Å². The zero-order chi connectivity index (χ0) is 23.3. The summed E-state index contributed by atoms with van der Waals surface area (Å²) >= 11 is 0. The van der Waals surface area contributed by atoms with Crippen LogP contribution in [0, 0.1) is 5.82 Å². The molecule has 32 heavy (non-hydrogen) atoms. The first-order chi connectivity index (χ1) is 15.1. The zero-order valence-electron chi connectivity index (χ0n) is 19.0. The molecule has 0 N–H and O–H groups in total. The quantitative estimate of drug-likeness (QED) is 0.590. The van der Waals surface area contributed by atoms with Crippen LogP contribution in [-0.4, -0.2) is 37.3 Å². The Morgan fingerprint density at radius 1 is 1.12 bits per heavy atom. The number of nitrogens with zero attached hydrogens (tertiary/aromatic N) is 1. The van der Waals surface area contributed by atoms with E-state index in [1.165, 1.54) is 13.2 Å². The number of carbonyl (C=O) groups excluding carboxylic acids is 2. The fraction of sp³-hybridized carbons (Fsp3) is 0.440. The number of hydrogen-bond donors (Lipinski definition) is 0. The van der Waals surface area contributed by atoms with Gasteiger partial charge in [0.05, 0.1) is 25.8 Å². The van der Waals surface area contributed by atoms with E-state index in [0.717, 1.165) is 5.56 Å². The van der Waals surface area contributed by atoms with E-state index < -0.39 is 17.4 Å². The summed E-state index contributed by atoms with van der Waals surface area (Å²) in [5, 5.41) is 0. The molecule has 0 aliphatic carbocycles. The minimum atomic E-state index is -0.612. The Kier molecular flexibility index (Phi) is 7.38. The first-order valence-corrected chi connectivity index (χ1v) is 10.7. The average molecular weight is 444 g/mol. The highest BCUT2D eigenvalue weighted by molar-refractivity contribution is 5.74. The number of fused-ring (bicyclic) bond motifs is 1. The van der Waals surface area contributed by atoms with Crippen LogP contribution in [-0.2, 0) is 32.0 Å². The van der Waals surface area contributed by atoms with E-state index in [1.54, 1.807) is 26.8 Å². The van der Waals surface area contributed by atoms with E-state index in [2.05, 4.69) is 0 Å². The molecule has 1 aliphatic rings. The van der Waals surface area contributed by atoms with Gasteiger partial charge in [-0.1, -0.05) is 30.3 Å². The summed E-state index contributed by atoms with van der Waals surface area (Å²) in [6.07, 6.45) is 0.202.